The predicted octanol–water partition coefficient (Wildman–Crippen LogP) is 9.97. The van der Waals surface area contributed by atoms with Crippen molar-refractivity contribution in [2.24, 2.45) is 5.41 Å². The van der Waals surface area contributed by atoms with E-state index in [1.54, 1.807) is 6.08 Å². The Hall–Kier alpha value is -1.74. The highest BCUT2D eigenvalue weighted by molar-refractivity contribution is 8.03. The van der Waals surface area contributed by atoms with E-state index in [4.69, 9.17) is 4.43 Å². The van der Waals surface area contributed by atoms with E-state index in [-0.39, 0.29) is 10.5 Å². The summed E-state index contributed by atoms with van der Waals surface area (Å²) in [6.07, 6.45) is 11.7. The molecule has 0 saturated heterocycles. The summed E-state index contributed by atoms with van der Waals surface area (Å²) in [4.78, 5) is 1.32. The van der Waals surface area contributed by atoms with E-state index in [0.29, 0.717) is 6.04 Å². The fourth-order valence-electron chi connectivity index (χ4n) is 4.24. The molecule has 2 rings (SSSR count). The molecule has 1 N–H and O–H groups in total. The topological polar surface area (TPSA) is 45.0 Å². The van der Waals surface area contributed by atoms with E-state index in [1.807, 2.05) is 11.8 Å². The number of allylic oxidation sites excluding steroid dienone is 4. The molecule has 37 heavy (non-hydrogen) atoms. The number of anilines is 1. The molecule has 1 unspecified atom stereocenters. The number of unbranched alkanes of at least 4 members (excludes halogenated alkanes) is 1. The highest BCUT2D eigenvalue weighted by atomic mass is 32.2. The maximum Gasteiger partial charge on any atom is 0.191 e. The smallest absolute Gasteiger partial charge is 0.191 e. The van der Waals surface area contributed by atoms with Crippen LogP contribution in [0.1, 0.15) is 86.1 Å². The second kappa shape index (κ2) is 13.9. The van der Waals surface area contributed by atoms with Crippen LogP contribution in [0.25, 0.3) is 6.08 Å². The second-order valence-corrected chi connectivity index (χ2v) is 18.7. The lowest BCUT2D eigenvalue weighted by atomic mass is 9.75. The van der Waals surface area contributed by atoms with Crippen molar-refractivity contribution in [1.82, 2.24) is 0 Å². The largest absolute Gasteiger partial charge is 0.417 e. The Morgan fingerprint density at radius 2 is 1.84 bits per heavy atom. The van der Waals surface area contributed by atoms with E-state index in [9.17, 15) is 5.26 Å². The van der Waals surface area contributed by atoms with Crippen molar-refractivity contribution >= 4 is 31.8 Å². The zero-order valence-corrected chi connectivity index (χ0v) is 26.6. The van der Waals surface area contributed by atoms with Gasteiger partial charge >= 0.3 is 0 Å². The number of hydrogen-bond acceptors (Lipinski definition) is 4. The van der Waals surface area contributed by atoms with Gasteiger partial charge in [-0.2, -0.15) is 5.26 Å². The van der Waals surface area contributed by atoms with Crippen LogP contribution in [0.2, 0.25) is 18.1 Å². The number of nitrogens with one attached hydrogen (secondary N) is 1. The first kappa shape index (κ1) is 31.5. The van der Waals surface area contributed by atoms with E-state index < -0.39 is 8.32 Å². The molecule has 0 bridgehead atoms. The molecule has 204 valence electrons. The summed E-state index contributed by atoms with van der Waals surface area (Å²) in [5.41, 5.74) is 5.06. The normalized spacial score (nSPS) is 18.3. The van der Waals surface area contributed by atoms with E-state index in [1.165, 1.54) is 34.5 Å². The molecular formula is C32H50N2OSSi. The summed E-state index contributed by atoms with van der Waals surface area (Å²) in [6.45, 7) is 21.4. The number of thioether (sulfide) groups is 1. The lowest BCUT2D eigenvalue weighted by Crippen LogP contribution is -2.41. The summed E-state index contributed by atoms with van der Waals surface area (Å²) in [7, 11) is -1.69. The van der Waals surface area contributed by atoms with Gasteiger partial charge in [-0.1, -0.05) is 72.2 Å². The molecular weight excluding hydrogens is 489 g/mol. The molecule has 5 heteroatoms. The number of hydrogen-bond donors (Lipinski definition) is 1. The molecule has 0 aliphatic heterocycles. The predicted molar refractivity (Wildman–Crippen MR) is 167 cm³/mol. The van der Waals surface area contributed by atoms with E-state index in [2.05, 4.69) is 109 Å². The van der Waals surface area contributed by atoms with Gasteiger partial charge in [0.2, 0.25) is 0 Å². The molecule has 1 aliphatic carbocycles. The first-order valence-electron chi connectivity index (χ1n) is 13.9. The summed E-state index contributed by atoms with van der Waals surface area (Å²) in [5.74, 6) is 1.10. The Morgan fingerprint density at radius 3 is 2.43 bits per heavy atom. The fourth-order valence-corrected chi connectivity index (χ4v) is 6.59. The van der Waals surface area contributed by atoms with Crippen LogP contribution in [0.3, 0.4) is 0 Å². The van der Waals surface area contributed by atoms with Crippen LogP contribution < -0.4 is 5.32 Å². The van der Waals surface area contributed by atoms with Crippen LogP contribution in [-0.4, -0.2) is 26.7 Å². The second-order valence-electron chi connectivity index (χ2n) is 12.8. The van der Waals surface area contributed by atoms with Gasteiger partial charge < -0.3 is 9.74 Å². The van der Waals surface area contributed by atoms with Crippen LogP contribution in [0, 0.1) is 16.7 Å². The average Bonchev–Trinajstić information content (AvgIpc) is 2.79. The van der Waals surface area contributed by atoms with Crippen LogP contribution in [0.5, 0.6) is 0 Å². The van der Waals surface area contributed by atoms with Gasteiger partial charge in [0.1, 0.15) is 0 Å². The Balaban J connectivity index is 2.06. The van der Waals surface area contributed by atoms with Gasteiger partial charge in [-0.3, -0.25) is 0 Å². The molecule has 0 amide bonds. The SMILES string of the molecule is CCCCSC1=C(/C=C/c2ccc(NC(C)CCO[Si](C)(C)C(C)(C)C)cc2)CC(C)(C)C/C1=C\C#N. The van der Waals surface area contributed by atoms with Crippen LogP contribution in [0.4, 0.5) is 5.69 Å². The highest BCUT2D eigenvalue weighted by Gasteiger charge is 2.37. The van der Waals surface area contributed by atoms with Gasteiger partial charge in [0, 0.05) is 29.3 Å². The van der Waals surface area contributed by atoms with Gasteiger partial charge in [-0.05, 0) is 90.7 Å². The maximum absolute atomic E-state index is 9.39. The first-order valence-corrected chi connectivity index (χ1v) is 17.8. The van der Waals surface area contributed by atoms with E-state index in [0.717, 1.165) is 37.3 Å². The van der Waals surface area contributed by atoms with Crippen LogP contribution >= 0.6 is 11.8 Å². The minimum atomic E-state index is -1.69. The average molecular weight is 539 g/mol. The lowest BCUT2D eigenvalue weighted by molar-refractivity contribution is 0.277. The van der Waals surface area contributed by atoms with Gasteiger partial charge in [-0.15, -0.1) is 11.8 Å². The molecule has 1 aromatic rings. The third-order valence-electron chi connectivity index (χ3n) is 7.53. The Bertz CT molecular complexity index is 1010. The zero-order valence-electron chi connectivity index (χ0n) is 24.8. The first-order chi connectivity index (χ1) is 17.3. The van der Waals surface area contributed by atoms with Gasteiger partial charge in [0.15, 0.2) is 8.32 Å². The summed E-state index contributed by atoms with van der Waals surface area (Å²) < 4.78 is 6.35. The molecule has 3 nitrogen and oxygen atoms in total. The standard InChI is InChI=1S/C32H50N2OSSi/c1-10-11-22-36-30-27(23-32(6,7)24-28(30)18-20-33)15-12-26-13-16-29(17-14-26)34-25(2)19-21-35-37(8,9)31(3,4)5/h12-18,25,34H,10-11,19,21-24H2,1-9H3/b15-12+,28-18+. The van der Waals surface area contributed by atoms with Crippen molar-refractivity contribution in [3.63, 3.8) is 0 Å². The number of rotatable bonds is 12. The van der Waals surface area contributed by atoms with Gasteiger partial charge in [-0.25, -0.2) is 0 Å². The van der Waals surface area contributed by atoms with Crippen molar-refractivity contribution in [2.75, 3.05) is 17.7 Å². The molecule has 0 radical (unpaired) electrons. The maximum atomic E-state index is 9.39. The molecule has 1 aliphatic rings. The summed E-state index contributed by atoms with van der Waals surface area (Å²) in [5, 5.41) is 13.3. The van der Waals surface area contributed by atoms with Crippen molar-refractivity contribution < 1.29 is 4.43 Å². The number of nitrogens with zero attached hydrogens (tertiary/aromatic N) is 1. The Kier molecular flexibility index (Phi) is 11.8. The van der Waals surface area contributed by atoms with Gasteiger partial charge in [0.05, 0.1) is 6.07 Å². The number of nitriles is 1. The van der Waals surface area contributed by atoms with Crippen molar-refractivity contribution in [3.8, 4) is 6.07 Å². The minimum absolute atomic E-state index is 0.162. The third kappa shape index (κ3) is 10.2. The summed E-state index contributed by atoms with van der Waals surface area (Å²) in [6, 6.07) is 11.3. The number of benzene rings is 1. The Morgan fingerprint density at radius 1 is 1.16 bits per heavy atom. The Labute approximate surface area is 233 Å². The zero-order chi connectivity index (χ0) is 27.7. The molecule has 1 atom stereocenters. The van der Waals surface area contributed by atoms with Crippen LogP contribution in [0.15, 0.2) is 52.5 Å². The van der Waals surface area contributed by atoms with E-state index >= 15 is 0 Å². The third-order valence-corrected chi connectivity index (χ3v) is 13.4. The van der Waals surface area contributed by atoms with Crippen molar-refractivity contribution in [2.45, 2.75) is 105 Å². The molecule has 0 aromatic heterocycles. The minimum Gasteiger partial charge on any atom is -0.417 e. The molecule has 1 aromatic carbocycles. The molecule has 0 heterocycles. The lowest BCUT2D eigenvalue weighted by Gasteiger charge is -2.36. The van der Waals surface area contributed by atoms with Crippen molar-refractivity contribution in [1.29, 1.82) is 5.26 Å². The monoisotopic (exact) mass is 538 g/mol. The molecule has 0 spiro atoms. The highest BCUT2D eigenvalue weighted by Crippen LogP contribution is 2.46. The van der Waals surface area contributed by atoms with Gasteiger partial charge in [0.25, 0.3) is 0 Å². The quantitative estimate of drug-likeness (QED) is 0.163. The summed E-state index contributed by atoms with van der Waals surface area (Å²) >= 11 is 1.92. The fraction of sp³-hybridized carbons (Fsp3) is 0.594. The van der Waals surface area contributed by atoms with Crippen molar-refractivity contribution in [3.05, 3.63) is 58.0 Å². The molecule has 0 saturated carbocycles. The van der Waals surface area contributed by atoms with Crippen LogP contribution in [-0.2, 0) is 4.43 Å². The molecule has 0 fully saturated rings.